The first-order chi connectivity index (χ1) is 13.1. The molecule has 0 fully saturated rings. The van der Waals surface area contributed by atoms with Crippen molar-refractivity contribution in [3.05, 3.63) is 89.5 Å². The Bertz CT molecular complexity index is 1120. The van der Waals surface area contributed by atoms with Crippen molar-refractivity contribution in [2.75, 3.05) is 16.2 Å². The predicted molar refractivity (Wildman–Crippen MR) is 108 cm³/mol. The summed E-state index contributed by atoms with van der Waals surface area (Å²) in [5.41, 5.74) is 4.95. The molecule has 2 aliphatic rings. The van der Waals surface area contributed by atoms with Crippen LogP contribution in [0, 0.1) is 6.92 Å². The van der Waals surface area contributed by atoms with Gasteiger partial charge in [-0.15, -0.1) is 0 Å². The maximum Gasteiger partial charge on any atom is 0.264 e. The molecule has 3 aromatic carbocycles. The van der Waals surface area contributed by atoms with Gasteiger partial charge in [0.1, 0.15) is 0 Å². The summed E-state index contributed by atoms with van der Waals surface area (Å²) in [7, 11) is -3.68. The van der Waals surface area contributed by atoms with Crippen LogP contribution in [-0.4, -0.2) is 15.0 Å². The number of hydrogen-bond acceptors (Lipinski definition) is 3. The molecule has 0 unspecified atom stereocenters. The second kappa shape index (κ2) is 5.86. The van der Waals surface area contributed by atoms with E-state index in [0.29, 0.717) is 4.90 Å². The summed E-state index contributed by atoms with van der Waals surface area (Å²) in [6.07, 6.45) is 0. The molecule has 2 aliphatic heterocycles. The van der Waals surface area contributed by atoms with Crippen LogP contribution in [0.1, 0.15) is 28.7 Å². The maximum atomic E-state index is 13.7. The molecule has 3 aromatic rings. The Morgan fingerprint density at radius 2 is 1.56 bits per heavy atom. The number of nitrogens with one attached hydrogen (secondary N) is 1. The first-order valence-corrected chi connectivity index (χ1v) is 10.5. The van der Waals surface area contributed by atoms with Crippen LogP contribution in [-0.2, 0) is 10.0 Å². The molecule has 1 N–H and O–H groups in total. The zero-order valence-electron chi connectivity index (χ0n) is 15.0. The van der Waals surface area contributed by atoms with Gasteiger partial charge in [0.15, 0.2) is 0 Å². The molecule has 0 aliphatic carbocycles. The molecule has 0 spiro atoms. The van der Waals surface area contributed by atoms with Gasteiger partial charge < -0.3 is 5.32 Å². The smallest absolute Gasteiger partial charge is 0.264 e. The normalized spacial score (nSPS) is 20.4. The average Bonchev–Trinajstić information content (AvgIpc) is 3.04. The van der Waals surface area contributed by atoms with E-state index in [2.05, 4.69) is 5.32 Å². The number of hydrogen-bond donors (Lipinski definition) is 1. The lowest BCUT2D eigenvalue weighted by Crippen LogP contribution is -2.37. The monoisotopic (exact) mass is 376 g/mol. The van der Waals surface area contributed by atoms with E-state index in [9.17, 15) is 8.42 Å². The SMILES string of the molecule is Cc1ccc(S(=O)(=O)N2c3ccccc3[C@H]3CNc4ccccc4[C@H]32)cc1. The summed E-state index contributed by atoms with van der Waals surface area (Å²) < 4.78 is 29.0. The first kappa shape index (κ1) is 16.4. The Hall–Kier alpha value is -2.79. The summed E-state index contributed by atoms with van der Waals surface area (Å²) in [4.78, 5) is 0.333. The van der Waals surface area contributed by atoms with E-state index in [1.54, 1.807) is 16.4 Å². The van der Waals surface area contributed by atoms with Gasteiger partial charge in [-0.3, -0.25) is 4.31 Å². The fourth-order valence-corrected chi connectivity index (χ4v) is 5.98. The zero-order chi connectivity index (χ0) is 18.6. The Balaban J connectivity index is 1.74. The lowest BCUT2D eigenvalue weighted by atomic mass is 9.87. The van der Waals surface area contributed by atoms with Crippen molar-refractivity contribution in [1.82, 2.24) is 0 Å². The molecule has 0 bridgehead atoms. The Morgan fingerprint density at radius 3 is 2.33 bits per heavy atom. The van der Waals surface area contributed by atoms with Crippen molar-refractivity contribution < 1.29 is 8.42 Å². The topological polar surface area (TPSA) is 49.4 Å². The summed E-state index contributed by atoms with van der Waals surface area (Å²) in [6.45, 7) is 2.68. The highest BCUT2D eigenvalue weighted by atomic mass is 32.2. The van der Waals surface area contributed by atoms with Crippen molar-refractivity contribution >= 4 is 21.4 Å². The number of para-hydroxylation sites is 2. The van der Waals surface area contributed by atoms with E-state index in [4.69, 9.17) is 0 Å². The number of benzene rings is 3. The van der Waals surface area contributed by atoms with Crippen molar-refractivity contribution in [3.8, 4) is 0 Å². The molecule has 136 valence electrons. The van der Waals surface area contributed by atoms with Crippen LogP contribution in [0.2, 0.25) is 0 Å². The third kappa shape index (κ3) is 2.38. The molecular weight excluding hydrogens is 356 g/mol. The fraction of sp³-hybridized carbons (Fsp3) is 0.182. The van der Waals surface area contributed by atoms with Crippen LogP contribution in [0.4, 0.5) is 11.4 Å². The predicted octanol–water partition coefficient (Wildman–Crippen LogP) is 4.45. The molecule has 0 radical (unpaired) electrons. The molecular formula is C22H20N2O2S. The summed E-state index contributed by atoms with van der Waals surface area (Å²) >= 11 is 0. The van der Waals surface area contributed by atoms with Crippen LogP contribution >= 0.6 is 0 Å². The minimum absolute atomic E-state index is 0.0938. The van der Waals surface area contributed by atoms with Crippen molar-refractivity contribution in [2.24, 2.45) is 0 Å². The second-order valence-corrected chi connectivity index (χ2v) is 9.01. The Kier molecular flexibility index (Phi) is 3.56. The van der Waals surface area contributed by atoms with E-state index in [1.165, 1.54) is 0 Å². The van der Waals surface area contributed by atoms with Gasteiger partial charge in [0.2, 0.25) is 0 Å². The van der Waals surface area contributed by atoms with Crippen LogP contribution in [0.15, 0.2) is 77.7 Å². The quantitative estimate of drug-likeness (QED) is 0.719. The molecule has 5 heteroatoms. The average molecular weight is 376 g/mol. The number of anilines is 2. The van der Waals surface area contributed by atoms with E-state index in [0.717, 1.165) is 34.6 Å². The lowest BCUT2D eigenvalue weighted by molar-refractivity contribution is 0.556. The van der Waals surface area contributed by atoms with Gasteiger partial charge in [0, 0.05) is 18.2 Å². The number of nitrogens with zero attached hydrogens (tertiary/aromatic N) is 1. The lowest BCUT2D eigenvalue weighted by Gasteiger charge is -2.35. The molecule has 4 nitrogen and oxygen atoms in total. The van der Waals surface area contributed by atoms with Crippen LogP contribution in [0.3, 0.4) is 0 Å². The van der Waals surface area contributed by atoms with Crippen LogP contribution in [0.5, 0.6) is 0 Å². The first-order valence-electron chi connectivity index (χ1n) is 9.10. The van der Waals surface area contributed by atoms with E-state index in [1.807, 2.05) is 67.6 Å². The second-order valence-electron chi connectivity index (χ2n) is 7.19. The third-order valence-corrected chi connectivity index (χ3v) is 7.39. The third-order valence-electron chi connectivity index (χ3n) is 5.58. The van der Waals surface area contributed by atoms with Gasteiger partial charge in [0.25, 0.3) is 10.0 Å². The van der Waals surface area contributed by atoms with Gasteiger partial charge in [-0.1, -0.05) is 54.1 Å². The largest absolute Gasteiger partial charge is 0.384 e. The minimum Gasteiger partial charge on any atom is -0.384 e. The zero-order valence-corrected chi connectivity index (χ0v) is 15.8. The number of rotatable bonds is 2. The molecule has 0 saturated carbocycles. The fourth-order valence-electron chi connectivity index (χ4n) is 4.29. The van der Waals surface area contributed by atoms with Gasteiger partial charge in [0.05, 0.1) is 16.6 Å². The summed E-state index contributed by atoms with van der Waals surface area (Å²) in [6, 6.07) is 22.7. The van der Waals surface area contributed by atoms with E-state index >= 15 is 0 Å². The van der Waals surface area contributed by atoms with Crippen molar-refractivity contribution in [3.63, 3.8) is 0 Å². The van der Waals surface area contributed by atoms with Gasteiger partial charge in [-0.25, -0.2) is 8.42 Å². The molecule has 2 atom stereocenters. The Labute approximate surface area is 159 Å². The highest BCUT2D eigenvalue weighted by molar-refractivity contribution is 7.92. The summed E-state index contributed by atoms with van der Waals surface area (Å²) in [5.74, 6) is 0.0938. The molecule has 0 aromatic heterocycles. The molecule has 5 rings (SSSR count). The van der Waals surface area contributed by atoms with E-state index < -0.39 is 10.0 Å². The van der Waals surface area contributed by atoms with E-state index in [-0.39, 0.29) is 12.0 Å². The van der Waals surface area contributed by atoms with Crippen LogP contribution < -0.4 is 9.62 Å². The highest BCUT2D eigenvalue weighted by Gasteiger charge is 2.47. The van der Waals surface area contributed by atoms with Crippen molar-refractivity contribution in [1.29, 1.82) is 0 Å². The maximum absolute atomic E-state index is 13.7. The molecule has 0 saturated heterocycles. The van der Waals surface area contributed by atoms with Crippen LogP contribution in [0.25, 0.3) is 0 Å². The minimum atomic E-state index is -3.68. The molecule has 0 amide bonds. The molecule has 2 heterocycles. The van der Waals surface area contributed by atoms with Crippen molar-refractivity contribution in [2.45, 2.75) is 23.8 Å². The standard InChI is InChI=1S/C22H20N2O2S/c1-15-10-12-16(13-11-15)27(25,26)24-21-9-5-3-6-17(21)19-14-23-20-8-4-2-7-18(20)22(19)24/h2-13,19,22-23H,14H2,1H3/t19-,22-/m1/s1. The molecule has 27 heavy (non-hydrogen) atoms. The van der Waals surface area contributed by atoms with Gasteiger partial charge in [-0.2, -0.15) is 0 Å². The Morgan fingerprint density at radius 1 is 0.889 bits per heavy atom. The number of fused-ring (bicyclic) bond motifs is 5. The highest BCUT2D eigenvalue weighted by Crippen LogP contribution is 2.54. The summed E-state index contributed by atoms with van der Waals surface area (Å²) in [5, 5.41) is 3.47. The number of sulfonamides is 1. The van der Waals surface area contributed by atoms with Gasteiger partial charge >= 0.3 is 0 Å². The number of aryl methyl sites for hydroxylation is 1. The van der Waals surface area contributed by atoms with Gasteiger partial charge in [-0.05, 0) is 42.3 Å².